The summed E-state index contributed by atoms with van der Waals surface area (Å²) in [6.07, 6.45) is 2.18. The van der Waals surface area contributed by atoms with Gasteiger partial charge in [0.2, 0.25) is 9.84 Å². The van der Waals surface area contributed by atoms with Gasteiger partial charge in [0.05, 0.1) is 37.4 Å². The van der Waals surface area contributed by atoms with E-state index in [-0.39, 0.29) is 28.4 Å². The van der Waals surface area contributed by atoms with E-state index < -0.39 is 9.84 Å². The number of rotatable bonds is 10. The molecule has 3 aromatic rings. The molecule has 0 bridgehead atoms. The summed E-state index contributed by atoms with van der Waals surface area (Å²) >= 11 is 0. The van der Waals surface area contributed by atoms with Crippen LogP contribution in [0, 0.1) is 11.8 Å². The van der Waals surface area contributed by atoms with Crippen molar-refractivity contribution in [2.45, 2.75) is 36.1 Å². The van der Waals surface area contributed by atoms with Crippen molar-refractivity contribution >= 4 is 26.4 Å². The molecule has 2 atom stereocenters. The van der Waals surface area contributed by atoms with Crippen LogP contribution in [0.1, 0.15) is 20.3 Å². The highest BCUT2D eigenvalue weighted by atomic mass is 32.2. The number of fused-ring (bicyclic) bond motifs is 1. The predicted octanol–water partition coefficient (Wildman–Crippen LogP) is 3.53. The van der Waals surface area contributed by atoms with Gasteiger partial charge in [-0.25, -0.2) is 8.42 Å². The maximum Gasteiger partial charge on any atom is 0.210 e. The second-order valence-electron chi connectivity index (χ2n) is 9.96. The highest BCUT2D eigenvalue weighted by Gasteiger charge is 2.34. The third-order valence-corrected chi connectivity index (χ3v) is 8.81. The topological polar surface area (TPSA) is 110 Å². The van der Waals surface area contributed by atoms with E-state index in [4.69, 9.17) is 14.2 Å². The molecule has 1 aromatic heterocycles. The van der Waals surface area contributed by atoms with E-state index in [0.29, 0.717) is 52.8 Å². The molecule has 1 aliphatic heterocycles. The first-order chi connectivity index (χ1) is 18.2. The molecule has 0 radical (unpaired) electrons. The molecule has 1 aliphatic rings. The van der Waals surface area contributed by atoms with Crippen LogP contribution in [0.3, 0.4) is 0 Å². The lowest BCUT2D eigenvalue weighted by atomic mass is 9.91. The lowest BCUT2D eigenvalue weighted by Crippen LogP contribution is -2.51. The summed E-state index contributed by atoms with van der Waals surface area (Å²) in [5, 5.41) is 14.5. The first-order valence-electron chi connectivity index (χ1n) is 12.8. The minimum atomic E-state index is -3.94. The van der Waals surface area contributed by atoms with Crippen LogP contribution in [0.15, 0.2) is 52.4 Å². The van der Waals surface area contributed by atoms with Crippen molar-refractivity contribution in [3.63, 3.8) is 0 Å². The Labute approximate surface area is 224 Å². The number of aliphatic hydroxyl groups is 1. The maximum atomic E-state index is 14.0. The number of sulfone groups is 1. The number of nitrogens with one attached hydrogen (secondary N) is 1. The van der Waals surface area contributed by atoms with Crippen molar-refractivity contribution in [2.75, 3.05) is 52.5 Å². The number of ether oxygens (including phenoxy) is 3. The molecule has 10 heteroatoms. The SMILES string of the molecule is COc1ccc(S(=O)(=O)c2cnc3cc(OC)c(OC)cc3c2N2CCC(NCC(C)C)C(CO)C2)cc1. The van der Waals surface area contributed by atoms with E-state index in [1.807, 2.05) is 0 Å². The molecule has 0 saturated carbocycles. The minimum Gasteiger partial charge on any atom is -0.497 e. The Morgan fingerprint density at radius 2 is 1.76 bits per heavy atom. The van der Waals surface area contributed by atoms with Crippen LogP contribution in [0.2, 0.25) is 0 Å². The highest BCUT2D eigenvalue weighted by Crippen LogP contribution is 2.41. The summed E-state index contributed by atoms with van der Waals surface area (Å²) in [6.45, 7) is 6.25. The second-order valence-corrected chi connectivity index (χ2v) is 11.9. The average molecular weight is 544 g/mol. The molecule has 2 unspecified atom stereocenters. The molecule has 1 fully saturated rings. The maximum absolute atomic E-state index is 14.0. The van der Waals surface area contributed by atoms with Gasteiger partial charge in [-0.3, -0.25) is 4.98 Å². The number of methoxy groups -OCH3 is 3. The zero-order chi connectivity index (χ0) is 27.4. The molecule has 206 valence electrons. The Morgan fingerprint density at radius 1 is 1.08 bits per heavy atom. The fourth-order valence-electron chi connectivity index (χ4n) is 4.97. The number of pyridine rings is 1. The van der Waals surface area contributed by atoms with Crippen LogP contribution in [0.25, 0.3) is 10.9 Å². The molecule has 9 nitrogen and oxygen atoms in total. The number of piperidine rings is 1. The van der Waals surface area contributed by atoms with Crippen LogP contribution >= 0.6 is 0 Å². The van der Waals surface area contributed by atoms with Crippen molar-refractivity contribution in [2.24, 2.45) is 11.8 Å². The van der Waals surface area contributed by atoms with Gasteiger partial charge in [0.15, 0.2) is 11.5 Å². The molecule has 38 heavy (non-hydrogen) atoms. The first-order valence-corrected chi connectivity index (χ1v) is 14.2. The Hall–Kier alpha value is -3.08. The summed E-state index contributed by atoms with van der Waals surface area (Å²) in [5.41, 5.74) is 1.14. The van der Waals surface area contributed by atoms with Crippen LogP contribution in [-0.2, 0) is 9.84 Å². The summed E-state index contributed by atoms with van der Waals surface area (Å²) in [4.78, 5) is 6.83. The minimum absolute atomic E-state index is 0.00696. The molecular formula is C28H37N3O6S. The van der Waals surface area contributed by atoms with Crippen molar-refractivity contribution in [3.8, 4) is 17.2 Å². The Balaban J connectivity index is 1.86. The van der Waals surface area contributed by atoms with E-state index in [9.17, 15) is 13.5 Å². The highest BCUT2D eigenvalue weighted by molar-refractivity contribution is 7.91. The van der Waals surface area contributed by atoms with E-state index in [1.54, 1.807) is 38.5 Å². The quantitative estimate of drug-likeness (QED) is 0.397. The van der Waals surface area contributed by atoms with Crippen molar-refractivity contribution in [1.29, 1.82) is 0 Å². The van der Waals surface area contributed by atoms with Gasteiger partial charge in [-0.15, -0.1) is 0 Å². The lowest BCUT2D eigenvalue weighted by molar-refractivity contribution is 0.171. The van der Waals surface area contributed by atoms with Gasteiger partial charge in [0.1, 0.15) is 10.6 Å². The van der Waals surface area contributed by atoms with Gasteiger partial charge in [0.25, 0.3) is 0 Å². The number of nitrogens with zero attached hydrogens (tertiary/aromatic N) is 2. The molecule has 0 spiro atoms. The normalized spacial score (nSPS) is 18.1. The number of hydrogen-bond donors (Lipinski definition) is 2. The molecular weight excluding hydrogens is 506 g/mol. The van der Waals surface area contributed by atoms with Crippen LogP contribution in [-0.4, -0.2) is 72.1 Å². The summed E-state index contributed by atoms with van der Waals surface area (Å²) in [5.74, 6) is 1.98. The molecule has 2 N–H and O–H groups in total. The van der Waals surface area contributed by atoms with Gasteiger partial charge in [-0.2, -0.15) is 0 Å². The van der Waals surface area contributed by atoms with Gasteiger partial charge in [-0.1, -0.05) is 13.8 Å². The van der Waals surface area contributed by atoms with E-state index >= 15 is 0 Å². The second kappa shape index (κ2) is 11.8. The fraction of sp³-hybridized carbons (Fsp3) is 0.464. The molecule has 1 saturated heterocycles. The third kappa shape index (κ3) is 5.52. The van der Waals surface area contributed by atoms with Gasteiger partial charge >= 0.3 is 0 Å². The largest absolute Gasteiger partial charge is 0.497 e. The zero-order valence-electron chi connectivity index (χ0n) is 22.6. The fourth-order valence-corrected chi connectivity index (χ4v) is 6.40. The van der Waals surface area contributed by atoms with Crippen LogP contribution < -0.4 is 24.4 Å². The summed E-state index contributed by atoms with van der Waals surface area (Å²) in [6, 6.07) is 10.0. The summed E-state index contributed by atoms with van der Waals surface area (Å²) in [7, 11) is 0.689. The molecule has 4 rings (SSSR count). The first kappa shape index (κ1) is 27.9. The van der Waals surface area contributed by atoms with E-state index in [0.717, 1.165) is 13.0 Å². The molecule has 0 amide bonds. The van der Waals surface area contributed by atoms with Gasteiger partial charge in [-0.05, 0) is 49.2 Å². The zero-order valence-corrected chi connectivity index (χ0v) is 23.4. The summed E-state index contributed by atoms with van der Waals surface area (Å²) < 4.78 is 44.2. The van der Waals surface area contributed by atoms with E-state index in [2.05, 4.69) is 29.0 Å². The number of aliphatic hydroxyl groups excluding tert-OH is 1. The monoisotopic (exact) mass is 543 g/mol. The van der Waals surface area contributed by atoms with Crippen molar-refractivity contribution < 1.29 is 27.7 Å². The molecule has 2 heterocycles. The number of anilines is 1. The van der Waals surface area contributed by atoms with Crippen LogP contribution in [0.5, 0.6) is 17.2 Å². The Kier molecular flexibility index (Phi) is 8.64. The van der Waals surface area contributed by atoms with E-state index in [1.165, 1.54) is 25.4 Å². The van der Waals surface area contributed by atoms with Crippen LogP contribution in [0.4, 0.5) is 5.69 Å². The van der Waals surface area contributed by atoms with Gasteiger partial charge < -0.3 is 29.5 Å². The Bertz CT molecular complexity index is 1360. The number of benzene rings is 2. The van der Waals surface area contributed by atoms with Crippen molar-refractivity contribution in [1.82, 2.24) is 10.3 Å². The standard InChI is InChI=1S/C28H37N3O6S/c1-18(2)14-29-23-10-11-31(16-19(23)17-32)28-22-12-25(36-4)26(37-5)13-24(22)30-15-27(28)38(33,34)21-8-6-20(35-3)7-9-21/h6-9,12-13,15,18-19,23,29,32H,10-11,14,16-17H2,1-5H3. The average Bonchev–Trinajstić information content (AvgIpc) is 2.94. The van der Waals surface area contributed by atoms with Crippen molar-refractivity contribution in [3.05, 3.63) is 42.6 Å². The Morgan fingerprint density at radius 3 is 2.37 bits per heavy atom. The number of hydrogen-bond acceptors (Lipinski definition) is 9. The smallest absolute Gasteiger partial charge is 0.210 e. The third-order valence-electron chi connectivity index (χ3n) is 7.04. The molecule has 2 aromatic carbocycles. The lowest BCUT2D eigenvalue weighted by Gasteiger charge is -2.40. The van der Waals surface area contributed by atoms with Gasteiger partial charge in [0, 0.05) is 49.3 Å². The number of aromatic nitrogens is 1. The predicted molar refractivity (Wildman–Crippen MR) is 147 cm³/mol. The molecule has 0 aliphatic carbocycles.